The van der Waals surface area contributed by atoms with Crippen molar-refractivity contribution in [3.8, 4) is 6.07 Å². The van der Waals surface area contributed by atoms with E-state index in [1.54, 1.807) is 45.2 Å². The molecule has 6 heteroatoms. The van der Waals surface area contributed by atoms with E-state index in [2.05, 4.69) is 5.32 Å². The standard InChI is InChI=1S/C15H19N3O3/c1-15(2,14(20)21)18(3)10-13(19)17-12-6-4-11(5-7-12)8-9-16/h4-7H,8,10H2,1-3H3,(H,17,19)(H,20,21). The summed E-state index contributed by atoms with van der Waals surface area (Å²) in [5.74, 6) is -1.28. The number of carbonyl (C=O) groups excluding carboxylic acids is 1. The van der Waals surface area contributed by atoms with Gasteiger partial charge in [-0.2, -0.15) is 5.26 Å². The van der Waals surface area contributed by atoms with E-state index in [1.165, 1.54) is 4.90 Å². The van der Waals surface area contributed by atoms with Crippen LogP contribution in [-0.2, 0) is 16.0 Å². The molecule has 0 saturated heterocycles. The number of rotatable bonds is 6. The third-order valence-electron chi connectivity index (χ3n) is 3.38. The number of nitrogens with zero attached hydrogens (tertiary/aromatic N) is 2. The number of anilines is 1. The van der Waals surface area contributed by atoms with Gasteiger partial charge in [-0.15, -0.1) is 0 Å². The van der Waals surface area contributed by atoms with Crippen molar-refractivity contribution < 1.29 is 14.7 Å². The molecule has 6 nitrogen and oxygen atoms in total. The molecule has 0 aliphatic rings. The number of hydrogen-bond donors (Lipinski definition) is 2. The van der Waals surface area contributed by atoms with Crippen molar-refractivity contribution in [3.63, 3.8) is 0 Å². The Balaban J connectivity index is 2.62. The Kier molecular flexibility index (Phi) is 5.44. The van der Waals surface area contributed by atoms with Crippen molar-refractivity contribution in [2.24, 2.45) is 0 Å². The van der Waals surface area contributed by atoms with Gasteiger partial charge in [0.05, 0.1) is 19.0 Å². The second kappa shape index (κ2) is 6.86. The van der Waals surface area contributed by atoms with Gasteiger partial charge in [0.25, 0.3) is 0 Å². The predicted octanol–water partition coefficient (Wildman–Crippen LogP) is 1.49. The van der Waals surface area contributed by atoms with Crippen molar-refractivity contribution in [1.82, 2.24) is 4.90 Å². The summed E-state index contributed by atoms with van der Waals surface area (Å²) in [6.07, 6.45) is 0.323. The van der Waals surface area contributed by atoms with Gasteiger partial charge in [-0.3, -0.25) is 14.5 Å². The van der Waals surface area contributed by atoms with Gasteiger partial charge in [-0.1, -0.05) is 12.1 Å². The first kappa shape index (κ1) is 16.7. The summed E-state index contributed by atoms with van der Waals surface area (Å²) in [5, 5.41) is 20.4. The van der Waals surface area contributed by atoms with Crippen LogP contribution in [0.5, 0.6) is 0 Å². The van der Waals surface area contributed by atoms with Crippen LogP contribution in [0.15, 0.2) is 24.3 Å². The Morgan fingerprint density at radius 2 is 1.90 bits per heavy atom. The van der Waals surface area contributed by atoms with Crippen LogP contribution in [0.1, 0.15) is 19.4 Å². The number of benzene rings is 1. The van der Waals surface area contributed by atoms with Crippen LogP contribution in [-0.4, -0.2) is 41.0 Å². The Morgan fingerprint density at radius 3 is 2.38 bits per heavy atom. The van der Waals surface area contributed by atoms with Crippen LogP contribution < -0.4 is 5.32 Å². The van der Waals surface area contributed by atoms with Crippen molar-refractivity contribution >= 4 is 17.6 Å². The average Bonchev–Trinajstić information content (AvgIpc) is 2.40. The first-order valence-corrected chi connectivity index (χ1v) is 6.47. The lowest BCUT2D eigenvalue weighted by molar-refractivity contribution is -0.148. The number of carboxylic acid groups (broad SMARTS) is 1. The van der Waals surface area contributed by atoms with Gasteiger partial charge in [0.2, 0.25) is 5.91 Å². The maximum Gasteiger partial charge on any atom is 0.323 e. The third kappa shape index (κ3) is 4.58. The number of carbonyl (C=O) groups is 2. The molecule has 1 aromatic rings. The van der Waals surface area contributed by atoms with E-state index in [0.717, 1.165) is 5.56 Å². The summed E-state index contributed by atoms with van der Waals surface area (Å²) in [6.45, 7) is 3.05. The van der Waals surface area contributed by atoms with Crippen LogP contribution in [0, 0.1) is 11.3 Å². The fourth-order valence-electron chi connectivity index (χ4n) is 1.57. The van der Waals surface area contributed by atoms with E-state index >= 15 is 0 Å². The maximum atomic E-state index is 11.9. The van der Waals surface area contributed by atoms with Gasteiger partial charge in [0.15, 0.2) is 0 Å². The number of likely N-dealkylation sites (N-methyl/N-ethyl adjacent to an activating group) is 1. The number of aliphatic carboxylic acids is 1. The van der Waals surface area contributed by atoms with Crippen LogP contribution in [0.25, 0.3) is 0 Å². The number of nitriles is 1. The second-order valence-corrected chi connectivity index (χ2v) is 5.30. The summed E-state index contributed by atoms with van der Waals surface area (Å²) in [4.78, 5) is 24.5. The minimum absolute atomic E-state index is 0.0285. The molecule has 0 unspecified atom stereocenters. The third-order valence-corrected chi connectivity index (χ3v) is 3.38. The van der Waals surface area contributed by atoms with E-state index in [0.29, 0.717) is 12.1 Å². The maximum absolute atomic E-state index is 11.9. The molecular formula is C15H19N3O3. The molecule has 0 radical (unpaired) electrons. The lowest BCUT2D eigenvalue weighted by atomic mass is 10.0. The molecule has 0 fully saturated rings. The molecule has 112 valence electrons. The van der Waals surface area contributed by atoms with Crippen molar-refractivity contribution in [1.29, 1.82) is 5.26 Å². The Hall–Kier alpha value is -2.39. The van der Waals surface area contributed by atoms with E-state index < -0.39 is 11.5 Å². The number of amides is 1. The summed E-state index contributed by atoms with van der Waals surface area (Å²) in [6, 6.07) is 9.01. The molecule has 0 atom stereocenters. The molecule has 21 heavy (non-hydrogen) atoms. The highest BCUT2D eigenvalue weighted by atomic mass is 16.4. The van der Waals surface area contributed by atoms with Gasteiger partial charge in [-0.05, 0) is 38.6 Å². The lowest BCUT2D eigenvalue weighted by Crippen LogP contribution is -2.50. The molecule has 0 saturated carbocycles. The molecule has 1 aromatic carbocycles. The van der Waals surface area contributed by atoms with Crippen molar-refractivity contribution in [3.05, 3.63) is 29.8 Å². The largest absolute Gasteiger partial charge is 0.480 e. The highest BCUT2D eigenvalue weighted by Crippen LogP contribution is 2.13. The zero-order valence-corrected chi connectivity index (χ0v) is 12.4. The van der Waals surface area contributed by atoms with Crippen LogP contribution in [0.4, 0.5) is 5.69 Å². The van der Waals surface area contributed by atoms with Crippen LogP contribution in [0.2, 0.25) is 0 Å². The van der Waals surface area contributed by atoms with E-state index in [9.17, 15) is 9.59 Å². The van der Waals surface area contributed by atoms with E-state index in [-0.39, 0.29) is 12.5 Å². The zero-order valence-electron chi connectivity index (χ0n) is 12.4. The van der Waals surface area contributed by atoms with E-state index in [4.69, 9.17) is 10.4 Å². The fraction of sp³-hybridized carbons (Fsp3) is 0.400. The number of hydrogen-bond acceptors (Lipinski definition) is 4. The molecule has 0 heterocycles. The lowest BCUT2D eigenvalue weighted by Gasteiger charge is -2.30. The molecule has 1 rings (SSSR count). The van der Waals surface area contributed by atoms with Gasteiger partial charge in [0.1, 0.15) is 5.54 Å². The van der Waals surface area contributed by atoms with Crippen LogP contribution in [0.3, 0.4) is 0 Å². The molecule has 1 amide bonds. The molecular weight excluding hydrogens is 270 g/mol. The van der Waals surface area contributed by atoms with Crippen LogP contribution >= 0.6 is 0 Å². The SMILES string of the molecule is CN(CC(=O)Nc1ccc(CC#N)cc1)C(C)(C)C(=O)O. The van der Waals surface area contributed by atoms with Crippen molar-refractivity contribution in [2.75, 3.05) is 18.9 Å². The first-order chi connectivity index (χ1) is 9.77. The Morgan fingerprint density at radius 1 is 1.33 bits per heavy atom. The summed E-state index contributed by atoms with van der Waals surface area (Å²) in [5.41, 5.74) is 0.372. The predicted molar refractivity (Wildman–Crippen MR) is 78.7 cm³/mol. The highest BCUT2D eigenvalue weighted by molar-refractivity contribution is 5.92. The van der Waals surface area contributed by atoms with E-state index in [1.807, 2.05) is 6.07 Å². The first-order valence-electron chi connectivity index (χ1n) is 6.47. The minimum atomic E-state index is -1.12. The summed E-state index contributed by atoms with van der Waals surface area (Å²) in [7, 11) is 1.59. The summed E-state index contributed by atoms with van der Waals surface area (Å²) < 4.78 is 0. The highest BCUT2D eigenvalue weighted by Gasteiger charge is 2.32. The molecule has 0 aliphatic heterocycles. The molecule has 0 aliphatic carbocycles. The molecule has 0 aromatic heterocycles. The monoisotopic (exact) mass is 289 g/mol. The zero-order chi connectivity index (χ0) is 16.0. The Labute approximate surface area is 124 Å². The number of carboxylic acids is 1. The topological polar surface area (TPSA) is 93.4 Å². The smallest absolute Gasteiger partial charge is 0.323 e. The van der Waals surface area contributed by atoms with Gasteiger partial charge >= 0.3 is 5.97 Å². The van der Waals surface area contributed by atoms with Crippen molar-refractivity contribution in [2.45, 2.75) is 25.8 Å². The van der Waals surface area contributed by atoms with Gasteiger partial charge in [0, 0.05) is 5.69 Å². The fourth-order valence-corrected chi connectivity index (χ4v) is 1.57. The quantitative estimate of drug-likeness (QED) is 0.827. The normalized spacial score (nSPS) is 11.0. The Bertz CT molecular complexity index is 559. The molecule has 0 bridgehead atoms. The average molecular weight is 289 g/mol. The minimum Gasteiger partial charge on any atom is -0.480 e. The van der Waals surface area contributed by atoms with Gasteiger partial charge in [-0.25, -0.2) is 0 Å². The molecule has 2 N–H and O–H groups in total. The second-order valence-electron chi connectivity index (χ2n) is 5.30. The summed E-state index contributed by atoms with van der Waals surface area (Å²) >= 11 is 0. The molecule has 0 spiro atoms. The van der Waals surface area contributed by atoms with Gasteiger partial charge < -0.3 is 10.4 Å². The number of nitrogens with one attached hydrogen (secondary N) is 1.